The highest BCUT2D eigenvalue weighted by molar-refractivity contribution is 7.45. The van der Waals surface area contributed by atoms with E-state index in [1.165, 1.54) is 173 Å². The van der Waals surface area contributed by atoms with Crippen LogP contribution in [0.3, 0.4) is 0 Å². The molecule has 3 atom stereocenters. The summed E-state index contributed by atoms with van der Waals surface area (Å²) < 4.78 is 23.2. The third-order valence-electron chi connectivity index (χ3n) is 12.9. The molecule has 0 aliphatic heterocycles. The van der Waals surface area contributed by atoms with Crippen molar-refractivity contribution in [1.82, 2.24) is 5.32 Å². The van der Waals surface area contributed by atoms with E-state index in [1.807, 2.05) is 27.2 Å². The number of carbonyl (C=O) groups is 1. The summed E-state index contributed by atoms with van der Waals surface area (Å²) in [5, 5.41) is 13.7. The van der Waals surface area contributed by atoms with Gasteiger partial charge in [-0.05, 0) is 70.6 Å². The third kappa shape index (κ3) is 53.7. The van der Waals surface area contributed by atoms with Gasteiger partial charge in [-0.3, -0.25) is 9.36 Å². The molecule has 0 aromatic carbocycles. The number of unbranched alkanes of at least 4 members (excludes halogenated alkanes) is 30. The van der Waals surface area contributed by atoms with E-state index in [4.69, 9.17) is 9.05 Å². The van der Waals surface area contributed by atoms with Crippen molar-refractivity contribution in [2.75, 3.05) is 40.9 Å². The number of quaternary nitrogens is 1. The number of hydrogen-bond acceptors (Lipinski definition) is 6. The van der Waals surface area contributed by atoms with Crippen LogP contribution in [0.5, 0.6) is 0 Å². The number of nitrogens with zero attached hydrogens (tertiary/aromatic N) is 1. The van der Waals surface area contributed by atoms with E-state index in [0.717, 1.165) is 64.2 Å². The lowest BCUT2D eigenvalue weighted by atomic mass is 10.0. The average molecular weight is 1000 g/mol. The maximum absolute atomic E-state index is 12.9. The molecule has 0 aromatic rings. The molecule has 0 aliphatic carbocycles. The minimum Gasteiger partial charge on any atom is -0.756 e. The lowest BCUT2D eigenvalue weighted by Gasteiger charge is -2.29. The van der Waals surface area contributed by atoms with Crippen LogP contribution in [0.2, 0.25) is 0 Å². The van der Waals surface area contributed by atoms with Crippen LogP contribution in [-0.4, -0.2) is 68.5 Å². The molecule has 408 valence electrons. The Morgan fingerprint density at radius 2 is 0.886 bits per heavy atom. The molecule has 2 N–H and O–H groups in total. The van der Waals surface area contributed by atoms with Crippen LogP contribution in [0.15, 0.2) is 72.9 Å². The minimum absolute atomic E-state index is 0.00676. The summed E-state index contributed by atoms with van der Waals surface area (Å²) in [6, 6.07) is -0.901. The van der Waals surface area contributed by atoms with Crippen molar-refractivity contribution in [3.63, 3.8) is 0 Å². The molecule has 0 saturated heterocycles. The van der Waals surface area contributed by atoms with Gasteiger partial charge < -0.3 is 28.8 Å². The molecule has 70 heavy (non-hydrogen) atoms. The number of hydrogen-bond donors (Lipinski definition) is 2. The molecule has 8 nitrogen and oxygen atoms in total. The first-order valence-electron chi connectivity index (χ1n) is 29.3. The van der Waals surface area contributed by atoms with Crippen molar-refractivity contribution in [3.05, 3.63) is 72.9 Å². The van der Waals surface area contributed by atoms with Gasteiger partial charge in [-0.25, -0.2) is 0 Å². The summed E-state index contributed by atoms with van der Waals surface area (Å²) in [5.74, 6) is -0.208. The van der Waals surface area contributed by atoms with Crippen molar-refractivity contribution >= 4 is 13.7 Å². The van der Waals surface area contributed by atoms with Crippen molar-refractivity contribution in [1.29, 1.82) is 0 Å². The van der Waals surface area contributed by atoms with Crippen molar-refractivity contribution in [2.24, 2.45) is 0 Å². The number of aliphatic hydroxyl groups is 1. The number of phosphoric ester groups is 1. The molecule has 0 bridgehead atoms. The van der Waals surface area contributed by atoms with Crippen LogP contribution in [0.25, 0.3) is 0 Å². The zero-order valence-corrected chi connectivity index (χ0v) is 47.4. The number of likely N-dealkylation sites (N-methyl/N-ethyl adjacent to an activating group) is 1. The summed E-state index contributed by atoms with van der Waals surface area (Å²) >= 11 is 0. The second-order valence-corrected chi connectivity index (χ2v) is 22.4. The highest BCUT2D eigenvalue weighted by atomic mass is 31.2. The van der Waals surface area contributed by atoms with Crippen molar-refractivity contribution in [2.45, 2.75) is 270 Å². The Morgan fingerprint density at radius 1 is 0.514 bits per heavy atom. The first-order chi connectivity index (χ1) is 34.0. The van der Waals surface area contributed by atoms with Gasteiger partial charge in [0, 0.05) is 6.42 Å². The van der Waals surface area contributed by atoms with Gasteiger partial charge in [0.2, 0.25) is 5.91 Å². The van der Waals surface area contributed by atoms with Crippen LogP contribution in [-0.2, 0) is 18.4 Å². The maximum atomic E-state index is 12.9. The molecule has 9 heteroatoms. The van der Waals surface area contributed by atoms with E-state index in [9.17, 15) is 19.4 Å². The Balaban J connectivity index is 3.81. The standard InChI is InChI=1S/C61H113N2O6P/c1-6-8-10-12-14-16-17-18-19-20-21-22-23-24-25-26-27-28-29-30-31-32-33-34-35-36-37-38-39-40-41-42-43-44-45-47-49-51-53-55-61(65)62-59(58-69-70(66,67)68-57-56-63(3,4)5)60(64)54-52-50-48-46-15-13-11-9-7-2/h8,10,14-16,18-19,21-22,46,52,54,59-60,64H,6-7,9,11-13,17,20,23-45,47-51,53,55-58H2,1-5H3,(H-,62,65,66,67)/b10-8-,16-14-,19-18-,22-21-,46-15+,54-52+. The Labute approximate surface area is 434 Å². The quantitative estimate of drug-likeness (QED) is 0.0272. The van der Waals surface area contributed by atoms with Crippen LogP contribution in [0, 0.1) is 0 Å². The monoisotopic (exact) mass is 1000 g/mol. The van der Waals surface area contributed by atoms with E-state index in [0.29, 0.717) is 17.4 Å². The summed E-state index contributed by atoms with van der Waals surface area (Å²) in [6.45, 7) is 4.46. The van der Waals surface area contributed by atoms with Gasteiger partial charge in [-0.2, -0.15) is 0 Å². The molecule has 0 heterocycles. The Kier molecular flexibility index (Phi) is 50.3. The topological polar surface area (TPSA) is 108 Å². The smallest absolute Gasteiger partial charge is 0.268 e. The van der Waals surface area contributed by atoms with Crippen LogP contribution < -0.4 is 10.2 Å². The maximum Gasteiger partial charge on any atom is 0.268 e. The molecule has 0 rings (SSSR count). The second kappa shape index (κ2) is 51.8. The highest BCUT2D eigenvalue weighted by Gasteiger charge is 2.23. The summed E-state index contributed by atoms with van der Waals surface area (Å²) in [6.07, 6.45) is 71.8. The molecular weight excluding hydrogens is 888 g/mol. The summed E-state index contributed by atoms with van der Waals surface area (Å²) in [5.41, 5.74) is 0. The minimum atomic E-state index is -4.59. The summed E-state index contributed by atoms with van der Waals surface area (Å²) in [7, 11) is 1.24. The predicted octanol–water partition coefficient (Wildman–Crippen LogP) is 17.2. The zero-order valence-electron chi connectivity index (χ0n) is 46.5. The SMILES string of the molecule is CC/C=C\C/C=C\C/C=C\C/C=C\CCCCCCCCCCCCCCCCCCCCCCCCCCCCC(=O)NC(COP(=O)([O-])OCC[N+](C)(C)C)C(O)/C=C/CC/C=C/CCCCC. The molecule has 0 aliphatic rings. The highest BCUT2D eigenvalue weighted by Crippen LogP contribution is 2.38. The van der Waals surface area contributed by atoms with Crippen LogP contribution >= 0.6 is 7.82 Å². The number of aliphatic hydroxyl groups excluding tert-OH is 1. The van der Waals surface area contributed by atoms with Gasteiger partial charge in [0.05, 0.1) is 39.9 Å². The lowest BCUT2D eigenvalue weighted by molar-refractivity contribution is -0.870. The van der Waals surface area contributed by atoms with Gasteiger partial charge in [0.15, 0.2) is 0 Å². The number of phosphoric acid groups is 1. The molecule has 3 unspecified atom stereocenters. The normalized spacial score (nSPS) is 14.4. The van der Waals surface area contributed by atoms with E-state index in [1.54, 1.807) is 6.08 Å². The van der Waals surface area contributed by atoms with Gasteiger partial charge in [0.25, 0.3) is 7.82 Å². The van der Waals surface area contributed by atoms with E-state index in [2.05, 4.69) is 79.9 Å². The first-order valence-corrected chi connectivity index (χ1v) is 30.8. The molecule has 0 spiro atoms. The van der Waals surface area contributed by atoms with Crippen molar-refractivity contribution in [3.8, 4) is 0 Å². The molecule has 0 saturated carbocycles. The Morgan fingerprint density at radius 3 is 1.33 bits per heavy atom. The van der Waals surface area contributed by atoms with Crippen LogP contribution in [0.4, 0.5) is 0 Å². The Bertz CT molecular complexity index is 1370. The fraction of sp³-hybridized carbons (Fsp3) is 0.787. The fourth-order valence-corrected chi connectivity index (χ4v) is 9.06. The number of carbonyl (C=O) groups excluding carboxylic acids is 1. The molecule has 0 fully saturated rings. The number of nitrogens with one attached hydrogen (secondary N) is 1. The van der Waals surface area contributed by atoms with E-state index < -0.39 is 26.6 Å². The molecular formula is C61H113N2O6P. The second-order valence-electron chi connectivity index (χ2n) is 21.0. The van der Waals surface area contributed by atoms with Gasteiger partial charge in [0.1, 0.15) is 13.2 Å². The third-order valence-corrected chi connectivity index (χ3v) is 13.9. The number of amides is 1. The molecule has 1 amide bonds. The molecule has 0 radical (unpaired) electrons. The van der Waals surface area contributed by atoms with Gasteiger partial charge in [-0.1, -0.05) is 254 Å². The van der Waals surface area contributed by atoms with E-state index in [-0.39, 0.29) is 12.5 Å². The number of allylic oxidation sites excluding steroid dienone is 11. The van der Waals surface area contributed by atoms with Crippen molar-refractivity contribution < 1.29 is 32.9 Å². The number of rotatable bonds is 53. The average Bonchev–Trinajstić information content (AvgIpc) is 3.32. The van der Waals surface area contributed by atoms with Crippen LogP contribution in [0.1, 0.15) is 258 Å². The van der Waals surface area contributed by atoms with Gasteiger partial charge in [-0.15, -0.1) is 0 Å². The lowest BCUT2D eigenvalue weighted by Crippen LogP contribution is -2.45. The van der Waals surface area contributed by atoms with E-state index >= 15 is 0 Å². The predicted molar refractivity (Wildman–Crippen MR) is 302 cm³/mol. The molecule has 0 aromatic heterocycles. The van der Waals surface area contributed by atoms with Gasteiger partial charge >= 0.3 is 0 Å². The zero-order chi connectivity index (χ0) is 51.3. The fourth-order valence-electron chi connectivity index (χ4n) is 8.34. The largest absolute Gasteiger partial charge is 0.756 e. The Hall–Kier alpha value is -2.06. The summed E-state index contributed by atoms with van der Waals surface area (Å²) in [4.78, 5) is 25.3. The first kappa shape index (κ1) is 67.9.